The van der Waals surface area contributed by atoms with E-state index in [2.05, 4.69) is 110 Å². The minimum Gasteiger partial charge on any atom is -0.0622 e. The van der Waals surface area contributed by atoms with E-state index in [9.17, 15) is 13.2 Å². The molecule has 0 heterocycles. The van der Waals surface area contributed by atoms with Crippen molar-refractivity contribution in [2.45, 2.75) is 6.18 Å². The molecule has 6 heteroatoms. The second-order valence-corrected chi connectivity index (χ2v) is 15.9. The third kappa shape index (κ3) is 10.7. The first-order chi connectivity index (χ1) is 23.9. The third-order valence-corrected chi connectivity index (χ3v) is 12.7. The molecule has 0 saturated heterocycles. The first kappa shape index (κ1) is 36.1. The summed E-state index contributed by atoms with van der Waals surface area (Å²) < 4.78 is 41.5. The number of halogens is 3. The van der Waals surface area contributed by atoms with Gasteiger partial charge in [-0.3, -0.25) is 0 Å². The van der Waals surface area contributed by atoms with Crippen molar-refractivity contribution in [3.05, 3.63) is 212 Å². The second kappa shape index (κ2) is 18.6. The topological polar surface area (TPSA) is 0 Å². The van der Waals surface area contributed by atoms with Crippen LogP contribution in [-0.2, 0) is 25.4 Å². The molecular weight excluding hydrogens is 742 g/mol. The van der Waals surface area contributed by atoms with Crippen molar-refractivity contribution in [3.8, 4) is 0 Å². The van der Waals surface area contributed by atoms with Gasteiger partial charge in [-0.05, 0) is 53.7 Å². The largest absolute Gasteiger partial charge is 0.0622 e. The molecule has 0 atom stereocenters. The minimum atomic E-state index is -4.36. The Kier molecular flexibility index (Phi) is 13.7. The van der Waals surface area contributed by atoms with Crippen LogP contribution in [0, 0.1) is 0 Å². The molecule has 7 rings (SSSR count). The molecule has 0 fully saturated rings. The van der Waals surface area contributed by atoms with Crippen LogP contribution in [-0.4, -0.2) is 0 Å². The molecule has 0 nitrogen and oxygen atoms in total. The van der Waals surface area contributed by atoms with Crippen molar-refractivity contribution < 1.29 is 32.4 Å². The van der Waals surface area contributed by atoms with Crippen molar-refractivity contribution in [1.29, 1.82) is 0 Å². The first-order valence-corrected chi connectivity index (χ1v) is 19.1. The second-order valence-electron chi connectivity index (χ2n) is 10.6. The summed E-state index contributed by atoms with van der Waals surface area (Å²) in [6.07, 6.45) is -4.36. The van der Waals surface area contributed by atoms with E-state index in [-0.39, 0.29) is 0 Å². The maximum atomic E-state index is 13.5. The Labute approximate surface area is 300 Å². The summed E-state index contributed by atoms with van der Waals surface area (Å²) in [6, 6.07) is 67.0. The standard InChI is InChI=1S/C19H14F3P.C18H15P.C6H5.Pd/c20-19(21,22)17-13-7-8-14-18(17)23(15-9-3-1-4-10-15)16-11-5-2-6-12-16;1-4-10-16(11-5-1)19(17-12-6-2-7-13-17)18-14-8-3-9-15-18;1-2-4-6-5-3-1;/h1-14H;1-15H;1-5H;. The van der Waals surface area contributed by atoms with E-state index < -0.39 is 27.6 Å². The maximum Gasteiger partial charge on any atom is -0.0134 e. The molecule has 0 spiro atoms. The summed E-state index contributed by atoms with van der Waals surface area (Å²) in [5.41, 5.74) is -0.557. The summed E-state index contributed by atoms with van der Waals surface area (Å²) in [7, 11) is -1.70. The maximum absolute atomic E-state index is 13.5. The number of alkyl halides is 3. The van der Waals surface area contributed by atoms with Gasteiger partial charge in [0.15, 0.2) is 0 Å². The molecule has 0 aliphatic carbocycles. The molecule has 0 unspecified atom stereocenters. The van der Waals surface area contributed by atoms with Gasteiger partial charge in [0, 0.05) is 0 Å². The SMILES string of the molecule is FC(F)(F)c1ccccc1P(c1ccccc1)c1ccccc1.[Pd][c]1ccccc1.c1ccc(P(c2ccccc2)c2ccccc2)cc1. The fraction of sp³-hybridized carbons (Fsp3) is 0.0233. The zero-order chi connectivity index (χ0) is 34.3. The van der Waals surface area contributed by atoms with Crippen LogP contribution in [0.25, 0.3) is 0 Å². The van der Waals surface area contributed by atoms with Crippen molar-refractivity contribution in [2.75, 3.05) is 0 Å². The Hall–Kier alpha value is -4.15. The van der Waals surface area contributed by atoms with Crippen LogP contribution in [0.2, 0.25) is 0 Å². The Balaban J connectivity index is 0.000000161. The molecule has 7 aromatic rings. The van der Waals surface area contributed by atoms with E-state index in [0.717, 1.165) is 16.7 Å². The van der Waals surface area contributed by atoms with E-state index in [1.807, 2.05) is 91.0 Å². The van der Waals surface area contributed by atoms with E-state index in [1.165, 1.54) is 26.0 Å². The monoisotopic (exact) mass is 775 g/mol. The molecule has 0 aliphatic rings. The summed E-state index contributed by atoms with van der Waals surface area (Å²) in [4.78, 5) is 0. The van der Waals surface area contributed by atoms with Gasteiger partial charge < -0.3 is 0 Å². The molecule has 247 valence electrons. The van der Waals surface area contributed by atoms with E-state index in [1.54, 1.807) is 12.1 Å². The number of benzene rings is 7. The number of hydrogen-bond donors (Lipinski definition) is 0. The molecular formula is C43H34F3P2Pd. The van der Waals surface area contributed by atoms with Crippen molar-refractivity contribution in [3.63, 3.8) is 0 Å². The fourth-order valence-corrected chi connectivity index (χ4v) is 10.1. The van der Waals surface area contributed by atoms with Crippen LogP contribution in [0.1, 0.15) is 5.56 Å². The van der Waals surface area contributed by atoms with E-state index in [4.69, 9.17) is 0 Å². The summed E-state index contributed by atoms with van der Waals surface area (Å²) in [5.74, 6) is 0. The molecule has 49 heavy (non-hydrogen) atoms. The predicted molar refractivity (Wildman–Crippen MR) is 201 cm³/mol. The molecule has 7 aromatic carbocycles. The predicted octanol–water partition coefficient (Wildman–Crippen LogP) is 8.77. The Morgan fingerprint density at radius 3 is 0.878 bits per heavy atom. The van der Waals surface area contributed by atoms with Crippen LogP contribution in [0.15, 0.2) is 206 Å². The summed E-state index contributed by atoms with van der Waals surface area (Å²) in [5, 5.41) is 6.35. The van der Waals surface area contributed by atoms with E-state index >= 15 is 0 Å². The summed E-state index contributed by atoms with van der Waals surface area (Å²) in [6.45, 7) is 0. The van der Waals surface area contributed by atoms with Crippen LogP contribution in [0.4, 0.5) is 13.2 Å². The normalized spacial score (nSPS) is 10.8. The van der Waals surface area contributed by atoms with Gasteiger partial charge in [0.1, 0.15) is 0 Å². The van der Waals surface area contributed by atoms with Gasteiger partial charge in [-0.1, -0.05) is 170 Å². The zero-order valence-corrected chi connectivity index (χ0v) is 29.8. The Morgan fingerprint density at radius 2 is 0.592 bits per heavy atom. The first-order valence-electron chi connectivity index (χ1n) is 15.6. The van der Waals surface area contributed by atoms with Gasteiger partial charge in [-0.15, -0.1) is 0 Å². The van der Waals surface area contributed by atoms with Crippen LogP contribution >= 0.6 is 15.8 Å². The minimum absolute atomic E-state index is 0.340. The molecule has 0 saturated carbocycles. The van der Waals surface area contributed by atoms with Crippen LogP contribution < -0.4 is 35.9 Å². The van der Waals surface area contributed by atoms with Gasteiger partial charge >= 0.3 is 59.7 Å². The average Bonchev–Trinajstić information content (AvgIpc) is 3.15. The zero-order valence-electron chi connectivity index (χ0n) is 26.5. The Morgan fingerprint density at radius 1 is 0.327 bits per heavy atom. The molecule has 0 aromatic heterocycles. The molecule has 0 bridgehead atoms. The quantitative estimate of drug-likeness (QED) is 0.117. The van der Waals surface area contributed by atoms with Crippen LogP contribution in [0.3, 0.4) is 0 Å². The van der Waals surface area contributed by atoms with Gasteiger partial charge in [0.05, 0.1) is 5.56 Å². The molecule has 0 aliphatic heterocycles. The van der Waals surface area contributed by atoms with Gasteiger partial charge in [0.2, 0.25) is 0 Å². The number of hydrogen-bond acceptors (Lipinski definition) is 0. The third-order valence-electron chi connectivity index (χ3n) is 7.23. The van der Waals surface area contributed by atoms with Crippen molar-refractivity contribution in [2.24, 2.45) is 0 Å². The molecule has 0 radical (unpaired) electrons. The summed E-state index contributed by atoms with van der Waals surface area (Å²) >= 11 is 3.07. The Bertz CT molecular complexity index is 1810. The van der Waals surface area contributed by atoms with Crippen molar-refractivity contribution in [1.82, 2.24) is 0 Å². The fourth-order valence-electron chi connectivity index (χ4n) is 5.07. The van der Waals surface area contributed by atoms with Gasteiger partial charge in [-0.2, -0.15) is 13.2 Å². The number of rotatable bonds is 6. The smallest absolute Gasteiger partial charge is 0.0134 e. The van der Waals surface area contributed by atoms with Crippen LogP contribution in [0.5, 0.6) is 0 Å². The van der Waals surface area contributed by atoms with Crippen molar-refractivity contribution >= 4 is 51.7 Å². The van der Waals surface area contributed by atoms with Gasteiger partial charge in [-0.25, -0.2) is 0 Å². The molecule has 0 N–H and O–H groups in total. The average molecular weight is 776 g/mol. The van der Waals surface area contributed by atoms with E-state index in [0.29, 0.717) is 5.30 Å². The van der Waals surface area contributed by atoms with Gasteiger partial charge in [0.25, 0.3) is 0 Å². The molecule has 0 amide bonds.